The summed E-state index contributed by atoms with van der Waals surface area (Å²) >= 11 is 0. The number of benzene rings is 1. The number of rotatable bonds is 5. The van der Waals surface area contributed by atoms with Gasteiger partial charge in [0.1, 0.15) is 5.60 Å². The Bertz CT molecular complexity index is 606. The highest BCUT2D eigenvalue weighted by molar-refractivity contribution is 5.75. The molecule has 1 aromatic carbocycles. The molecule has 1 atom stereocenters. The van der Waals surface area contributed by atoms with Crippen molar-refractivity contribution in [3.8, 4) is 0 Å². The second-order valence-corrected chi connectivity index (χ2v) is 9.52. The van der Waals surface area contributed by atoms with Crippen LogP contribution in [0.1, 0.15) is 59.9 Å². The van der Waals surface area contributed by atoms with Crippen molar-refractivity contribution < 1.29 is 14.6 Å². The van der Waals surface area contributed by atoms with Gasteiger partial charge < -0.3 is 20.1 Å². The smallest absolute Gasteiger partial charge is 0.336 e. The average Bonchev–Trinajstić information content (AvgIpc) is 2.58. The Balaban J connectivity index is 1.78. The second-order valence-electron chi connectivity index (χ2n) is 9.52. The number of hydrogen-bond acceptors (Lipinski definition) is 5. The largest absolute Gasteiger partial charge is 0.458 e. The predicted octanol–water partition coefficient (Wildman–Crippen LogP) is 3.25. The van der Waals surface area contributed by atoms with Gasteiger partial charge in [0.25, 0.3) is 0 Å². The molecule has 1 aliphatic rings. The minimum atomic E-state index is -1.12. The van der Waals surface area contributed by atoms with Crippen LogP contribution >= 0.6 is 0 Å². The van der Waals surface area contributed by atoms with E-state index < -0.39 is 17.7 Å². The van der Waals surface area contributed by atoms with E-state index in [4.69, 9.17) is 4.74 Å². The number of ether oxygens (including phenoxy) is 1. The number of aliphatic hydroxyl groups is 1. The molecule has 27 heavy (non-hydrogen) atoms. The Kier molecular flexibility index (Phi) is 6.92. The Labute approximate surface area is 164 Å². The number of nitrogens with one attached hydrogen (secondary N) is 1. The molecule has 2 rings (SSSR count). The molecular weight excluding hydrogens is 340 g/mol. The van der Waals surface area contributed by atoms with Crippen molar-refractivity contribution in [2.75, 3.05) is 24.5 Å². The zero-order chi connectivity index (χ0) is 20.2. The zero-order valence-electron chi connectivity index (χ0n) is 17.7. The Morgan fingerprint density at radius 2 is 1.70 bits per heavy atom. The molecule has 0 unspecified atom stereocenters. The third-order valence-corrected chi connectivity index (χ3v) is 4.87. The molecule has 5 nitrogen and oxygen atoms in total. The molecule has 0 aliphatic carbocycles. The number of esters is 1. The van der Waals surface area contributed by atoms with Crippen LogP contribution in [0.15, 0.2) is 24.3 Å². The molecule has 0 saturated carbocycles. The molecule has 0 amide bonds. The van der Waals surface area contributed by atoms with Crippen molar-refractivity contribution in [3.63, 3.8) is 0 Å². The number of hydrogen-bond donors (Lipinski definition) is 2. The van der Waals surface area contributed by atoms with Crippen molar-refractivity contribution in [2.24, 2.45) is 0 Å². The lowest BCUT2D eigenvalue weighted by Gasteiger charge is -2.34. The molecular formula is C22H36N2O3. The summed E-state index contributed by atoms with van der Waals surface area (Å²) in [5, 5.41) is 13.3. The molecule has 5 heteroatoms. The van der Waals surface area contributed by atoms with Crippen LogP contribution in [-0.4, -0.2) is 48.5 Å². The van der Waals surface area contributed by atoms with Crippen LogP contribution in [-0.2, 0) is 14.9 Å². The predicted molar refractivity (Wildman–Crippen MR) is 110 cm³/mol. The Morgan fingerprint density at radius 1 is 1.15 bits per heavy atom. The van der Waals surface area contributed by atoms with E-state index in [9.17, 15) is 9.90 Å². The van der Waals surface area contributed by atoms with E-state index in [1.54, 1.807) is 20.8 Å². The van der Waals surface area contributed by atoms with E-state index in [0.29, 0.717) is 6.04 Å². The minimum absolute atomic E-state index is 0.171. The maximum atomic E-state index is 11.8. The highest BCUT2D eigenvalue weighted by Gasteiger charge is 2.25. The van der Waals surface area contributed by atoms with Gasteiger partial charge in [0.15, 0.2) is 6.10 Å². The zero-order valence-corrected chi connectivity index (χ0v) is 17.7. The number of carbonyl (C=O) groups excluding carboxylic acids is 1. The first-order chi connectivity index (χ1) is 12.5. The molecule has 152 valence electrons. The van der Waals surface area contributed by atoms with E-state index in [2.05, 4.69) is 55.3 Å². The summed E-state index contributed by atoms with van der Waals surface area (Å²) in [6.45, 7) is 14.3. The van der Waals surface area contributed by atoms with Crippen molar-refractivity contribution in [1.29, 1.82) is 0 Å². The molecule has 0 spiro atoms. The summed E-state index contributed by atoms with van der Waals surface area (Å²) in [6.07, 6.45) is 0.858. The molecule has 1 aromatic rings. The SMILES string of the molecule is CC(C)(C)OC(=O)[C@@H](O)CNC1CCN(c2ccc(C(C)(C)C)cc2)CC1. The lowest BCUT2D eigenvalue weighted by atomic mass is 9.87. The fourth-order valence-electron chi connectivity index (χ4n) is 3.25. The molecule has 1 fully saturated rings. The number of anilines is 1. The van der Waals surface area contributed by atoms with Crippen LogP contribution in [0, 0.1) is 0 Å². The summed E-state index contributed by atoms with van der Waals surface area (Å²) in [5.74, 6) is -0.564. The Morgan fingerprint density at radius 3 is 2.19 bits per heavy atom. The van der Waals surface area contributed by atoms with Crippen LogP contribution in [0.25, 0.3) is 0 Å². The summed E-state index contributed by atoms with van der Waals surface area (Å²) in [6, 6.07) is 9.17. The summed E-state index contributed by atoms with van der Waals surface area (Å²) in [4.78, 5) is 14.2. The maximum Gasteiger partial charge on any atom is 0.336 e. The fourth-order valence-corrected chi connectivity index (χ4v) is 3.25. The first kappa shape index (κ1) is 21.7. The van der Waals surface area contributed by atoms with E-state index in [1.807, 2.05) is 0 Å². The molecule has 2 N–H and O–H groups in total. The van der Waals surface area contributed by atoms with Crippen LogP contribution < -0.4 is 10.2 Å². The van der Waals surface area contributed by atoms with Gasteiger partial charge in [-0.15, -0.1) is 0 Å². The molecule has 0 bridgehead atoms. The number of nitrogens with zero attached hydrogens (tertiary/aromatic N) is 1. The van der Waals surface area contributed by atoms with Gasteiger partial charge in [0.05, 0.1) is 0 Å². The van der Waals surface area contributed by atoms with Gasteiger partial charge in [-0.3, -0.25) is 0 Å². The minimum Gasteiger partial charge on any atom is -0.458 e. The average molecular weight is 377 g/mol. The highest BCUT2D eigenvalue weighted by Crippen LogP contribution is 2.26. The monoisotopic (exact) mass is 376 g/mol. The van der Waals surface area contributed by atoms with Gasteiger partial charge in [0.2, 0.25) is 0 Å². The van der Waals surface area contributed by atoms with Crippen molar-refractivity contribution in [3.05, 3.63) is 29.8 Å². The van der Waals surface area contributed by atoms with Crippen LogP contribution in [0.2, 0.25) is 0 Å². The number of aliphatic hydroxyl groups excluding tert-OH is 1. The molecule has 0 aromatic heterocycles. The highest BCUT2D eigenvalue weighted by atomic mass is 16.6. The van der Waals surface area contributed by atoms with E-state index in [1.165, 1.54) is 11.3 Å². The van der Waals surface area contributed by atoms with Crippen LogP contribution in [0.5, 0.6) is 0 Å². The van der Waals surface area contributed by atoms with Crippen molar-refractivity contribution >= 4 is 11.7 Å². The standard InChI is InChI=1S/C22H36N2O3/c1-21(2,3)16-7-9-18(10-8-16)24-13-11-17(12-14-24)23-15-19(25)20(26)27-22(4,5)6/h7-10,17,19,23,25H,11-15H2,1-6H3/t19-/m0/s1. The maximum absolute atomic E-state index is 11.8. The van der Waals surface area contributed by atoms with Gasteiger partial charge >= 0.3 is 5.97 Å². The van der Waals surface area contributed by atoms with Crippen molar-refractivity contribution in [1.82, 2.24) is 5.32 Å². The normalized spacial score (nSPS) is 17.7. The van der Waals surface area contributed by atoms with Gasteiger partial charge in [-0.05, 0) is 56.7 Å². The number of piperidine rings is 1. The van der Waals surface area contributed by atoms with Crippen LogP contribution in [0.4, 0.5) is 5.69 Å². The molecule has 0 radical (unpaired) electrons. The topological polar surface area (TPSA) is 61.8 Å². The van der Waals surface area contributed by atoms with E-state index >= 15 is 0 Å². The summed E-state index contributed by atoms with van der Waals surface area (Å²) in [5.41, 5.74) is 2.20. The van der Waals surface area contributed by atoms with Crippen LogP contribution in [0.3, 0.4) is 0 Å². The van der Waals surface area contributed by atoms with Gasteiger partial charge in [-0.2, -0.15) is 0 Å². The van der Waals surface area contributed by atoms with E-state index in [-0.39, 0.29) is 12.0 Å². The molecule has 1 aliphatic heterocycles. The fraction of sp³-hybridized carbons (Fsp3) is 0.682. The third kappa shape index (κ3) is 6.82. The van der Waals surface area contributed by atoms with Gasteiger partial charge in [-0.25, -0.2) is 4.79 Å². The summed E-state index contributed by atoms with van der Waals surface area (Å²) < 4.78 is 5.21. The third-order valence-electron chi connectivity index (χ3n) is 4.87. The first-order valence-electron chi connectivity index (χ1n) is 9.95. The lowest BCUT2D eigenvalue weighted by molar-refractivity contribution is -0.164. The Hall–Kier alpha value is -1.59. The van der Waals surface area contributed by atoms with Gasteiger partial charge in [-0.1, -0.05) is 32.9 Å². The molecule has 1 heterocycles. The lowest BCUT2D eigenvalue weighted by Crippen LogP contribution is -2.46. The summed E-state index contributed by atoms with van der Waals surface area (Å²) in [7, 11) is 0. The number of carbonyl (C=O) groups is 1. The van der Waals surface area contributed by atoms with E-state index in [0.717, 1.165) is 25.9 Å². The molecule has 1 saturated heterocycles. The quantitative estimate of drug-likeness (QED) is 0.773. The second kappa shape index (κ2) is 8.61. The van der Waals surface area contributed by atoms with Gasteiger partial charge in [0, 0.05) is 31.4 Å². The first-order valence-corrected chi connectivity index (χ1v) is 9.95. The van der Waals surface area contributed by atoms with Crippen molar-refractivity contribution in [2.45, 2.75) is 77.5 Å².